The van der Waals surface area contributed by atoms with E-state index < -0.39 is 0 Å². The van der Waals surface area contributed by atoms with Gasteiger partial charge in [-0.15, -0.1) is 6.58 Å². The van der Waals surface area contributed by atoms with Crippen LogP contribution in [-0.2, 0) is 9.47 Å². The Balaban J connectivity index is 2.62. The van der Waals surface area contributed by atoms with Crippen molar-refractivity contribution >= 4 is 0 Å². The van der Waals surface area contributed by atoms with Gasteiger partial charge in [0.2, 0.25) is 0 Å². The molecule has 2 rings (SSSR count). The maximum absolute atomic E-state index is 5.57. The Morgan fingerprint density at radius 3 is 2.17 bits per heavy atom. The van der Waals surface area contributed by atoms with E-state index in [1.165, 1.54) is 28.2 Å². The highest BCUT2D eigenvalue weighted by Gasteiger charge is 2.45. The molecule has 0 aromatic rings. The van der Waals surface area contributed by atoms with Crippen molar-refractivity contribution < 1.29 is 9.47 Å². The second-order valence-corrected chi connectivity index (χ2v) is 5.00. The number of allylic oxidation sites excluding steroid dienone is 5. The Morgan fingerprint density at radius 1 is 1.17 bits per heavy atom. The molecule has 97 valence electrons. The average molecular weight is 245 g/mol. The van der Waals surface area contributed by atoms with Crippen LogP contribution in [-0.4, -0.2) is 14.2 Å². The lowest BCUT2D eigenvalue weighted by molar-refractivity contribution is 0.219. The fourth-order valence-electron chi connectivity index (χ4n) is 3.10. The van der Waals surface area contributed by atoms with Gasteiger partial charge in [-0.1, -0.05) is 19.9 Å². The van der Waals surface area contributed by atoms with Crippen molar-refractivity contribution in [1.82, 2.24) is 0 Å². The summed E-state index contributed by atoms with van der Waals surface area (Å²) in [6.45, 7) is 10.4. The van der Waals surface area contributed by atoms with Gasteiger partial charge in [-0.2, -0.15) is 0 Å². The van der Waals surface area contributed by atoms with Gasteiger partial charge < -0.3 is 9.47 Å². The van der Waals surface area contributed by atoms with Crippen molar-refractivity contribution in [1.29, 1.82) is 0 Å². The van der Waals surface area contributed by atoms with Crippen LogP contribution in [0.25, 0.3) is 0 Å². The van der Waals surface area contributed by atoms with Crippen LogP contribution >= 0.6 is 0 Å². The molecule has 2 aliphatic carbocycles. The van der Waals surface area contributed by atoms with Crippen LogP contribution in [0.4, 0.5) is 0 Å². The van der Waals surface area contributed by atoms with Crippen LogP contribution in [0.15, 0.2) is 46.5 Å². The van der Waals surface area contributed by atoms with Gasteiger partial charge in [-0.3, -0.25) is 0 Å². The van der Waals surface area contributed by atoms with Crippen LogP contribution in [0.2, 0.25) is 0 Å². The third-order valence-electron chi connectivity index (χ3n) is 3.79. The summed E-state index contributed by atoms with van der Waals surface area (Å²) in [5, 5.41) is 0. The molecule has 2 heteroatoms. The predicted octanol–water partition coefficient (Wildman–Crippen LogP) is 3.94. The van der Waals surface area contributed by atoms with E-state index in [4.69, 9.17) is 9.47 Å². The first-order chi connectivity index (χ1) is 8.58. The van der Waals surface area contributed by atoms with E-state index in [1.54, 1.807) is 14.2 Å². The van der Waals surface area contributed by atoms with Crippen LogP contribution in [0.5, 0.6) is 0 Å². The molecule has 0 N–H and O–H groups in total. The molecule has 2 aliphatic rings. The van der Waals surface area contributed by atoms with Gasteiger partial charge in [0.25, 0.3) is 0 Å². The zero-order valence-corrected chi connectivity index (χ0v) is 11.9. The highest BCUT2D eigenvalue weighted by atomic mass is 16.5. The Morgan fingerprint density at radius 2 is 1.72 bits per heavy atom. The summed E-state index contributed by atoms with van der Waals surface area (Å²) in [6.07, 6.45) is 2.84. The molecule has 0 fully saturated rings. The van der Waals surface area contributed by atoms with Crippen molar-refractivity contribution in [3.8, 4) is 0 Å². The lowest BCUT2D eigenvalue weighted by Gasteiger charge is -2.16. The topological polar surface area (TPSA) is 18.5 Å². The van der Waals surface area contributed by atoms with Crippen LogP contribution in [0.3, 0.4) is 0 Å². The molecule has 1 unspecified atom stereocenters. The van der Waals surface area contributed by atoms with E-state index in [9.17, 15) is 0 Å². The number of methoxy groups -OCH3 is 2. The smallest absolute Gasteiger partial charge is 0.165 e. The molecule has 1 atom stereocenters. The van der Waals surface area contributed by atoms with Gasteiger partial charge in [-0.25, -0.2) is 0 Å². The normalized spacial score (nSPS) is 22.4. The minimum Gasteiger partial charge on any atom is -0.493 e. The fourth-order valence-corrected chi connectivity index (χ4v) is 3.10. The van der Waals surface area contributed by atoms with Crippen LogP contribution in [0, 0.1) is 11.8 Å². The number of ether oxygens (including phenoxy) is 2. The van der Waals surface area contributed by atoms with Gasteiger partial charge >= 0.3 is 0 Å². The number of hydrogen-bond acceptors (Lipinski definition) is 2. The molecule has 0 saturated heterocycles. The summed E-state index contributed by atoms with van der Waals surface area (Å²) < 4.78 is 11.1. The Bertz CT molecular complexity index is 475. The molecule has 0 spiro atoms. The summed E-state index contributed by atoms with van der Waals surface area (Å²) in [4.78, 5) is 0. The molecule has 0 aliphatic heterocycles. The predicted molar refractivity (Wildman–Crippen MR) is 73.7 cm³/mol. The van der Waals surface area contributed by atoms with Crippen molar-refractivity contribution in [2.75, 3.05) is 14.2 Å². The summed E-state index contributed by atoms with van der Waals surface area (Å²) in [7, 11) is 3.43. The van der Waals surface area contributed by atoms with Crippen molar-refractivity contribution in [3.05, 3.63) is 52.4 Å². The summed E-state index contributed by atoms with van der Waals surface area (Å²) in [5.74, 6) is 3.52. The number of hydrogen-bond donors (Lipinski definition) is 0. The van der Waals surface area contributed by atoms with Gasteiger partial charge in [-0.05, 0) is 30.4 Å². The molecule has 2 bridgehead atoms. The van der Waals surface area contributed by atoms with Gasteiger partial charge in [0.1, 0.15) is 0 Å². The van der Waals surface area contributed by atoms with Crippen LogP contribution in [0.1, 0.15) is 27.2 Å². The Kier molecular flexibility index (Phi) is 3.38. The first-order valence-electron chi connectivity index (χ1n) is 6.26. The quantitative estimate of drug-likeness (QED) is 0.683. The number of fused-ring (bicyclic) bond motifs is 2. The highest BCUT2D eigenvalue weighted by molar-refractivity contribution is 5.69. The van der Waals surface area contributed by atoms with E-state index in [0.29, 0.717) is 5.92 Å². The van der Waals surface area contributed by atoms with Gasteiger partial charge in [0, 0.05) is 17.1 Å². The molecule has 0 amide bonds. The lowest BCUT2D eigenvalue weighted by Crippen LogP contribution is -2.06. The first kappa shape index (κ1) is 13.0. The third-order valence-corrected chi connectivity index (χ3v) is 3.79. The summed E-state index contributed by atoms with van der Waals surface area (Å²) >= 11 is 0. The SMILES string of the molecule is C=CCC1=C(C)C2=C(OC)C(OC)=C1C2[C](C)C. The zero-order valence-electron chi connectivity index (χ0n) is 11.9. The molecule has 0 saturated carbocycles. The first-order valence-corrected chi connectivity index (χ1v) is 6.26. The highest BCUT2D eigenvalue weighted by Crippen LogP contribution is 2.55. The summed E-state index contributed by atoms with van der Waals surface area (Å²) in [6, 6.07) is 0. The standard InChI is InChI=1S/C16H21O2/c1-7-8-11-10(4)13-12(9(2)3)14(11)16(18-6)15(13)17-5/h7,12H,1,8H2,2-6H3. The molecule has 0 aromatic carbocycles. The van der Waals surface area contributed by atoms with E-state index in [2.05, 4.69) is 27.4 Å². The minimum atomic E-state index is 0.338. The third kappa shape index (κ3) is 1.55. The maximum Gasteiger partial charge on any atom is 0.165 e. The van der Waals surface area contributed by atoms with Gasteiger partial charge in [0.05, 0.1) is 14.2 Å². The molecular formula is C16H21O2. The molecule has 0 heterocycles. The van der Waals surface area contributed by atoms with Crippen molar-refractivity contribution in [3.63, 3.8) is 0 Å². The van der Waals surface area contributed by atoms with E-state index in [0.717, 1.165) is 17.9 Å². The monoisotopic (exact) mass is 245 g/mol. The molecule has 2 nitrogen and oxygen atoms in total. The molecule has 0 aromatic heterocycles. The molecule has 18 heavy (non-hydrogen) atoms. The summed E-state index contributed by atoms with van der Waals surface area (Å²) in [5.41, 5.74) is 5.24. The van der Waals surface area contributed by atoms with Crippen LogP contribution < -0.4 is 0 Å². The lowest BCUT2D eigenvalue weighted by atomic mass is 9.87. The Hall–Kier alpha value is -1.44. The van der Waals surface area contributed by atoms with Crippen molar-refractivity contribution in [2.24, 2.45) is 5.92 Å². The van der Waals surface area contributed by atoms with E-state index >= 15 is 0 Å². The maximum atomic E-state index is 5.57. The zero-order chi connectivity index (χ0) is 13.4. The fraction of sp³-hybridized carbons (Fsp3) is 0.438. The number of rotatable bonds is 5. The Labute approximate surface area is 110 Å². The second kappa shape index (κ2) is 4.68. The molecular weight excluding hydrogens is 224 g/mol. The van der Waals surface area contributed by atoms with E-state index in [1.807, 2.05) is 6.08 Å². The minimum absolute atomic E-state index is 0.338. The largest absolute Gasteiger partial charge is 0.493 e. The van der Waals surface area contributed by atoms with Gasteiger partial charge in [0.15, 0.2) is 11.5 Å². The second-order valence-electron chi connectivity index (χ2n) is 5.00. The van der Waals surface area contributed by atoms with E-state index in [-0.39, 0.29) is 0 Å². The van der Waals surface area contributed by atoms with Crippen molar-refractivity contribution in [2.45, 2.75) is 27.2 Å². The molecule has 1 radical (unpaired) electrons. The average Bonchev–Trinajstić information content (AvgIpc) is 2.81.